The summed E-state index contributed by atoms with van der Waals surface area (Å²) in [6, 6.07) is 27.0. The van der Waals surface area contributed by atoms with Crippen LogP contribution < -0.4 is 0 Å². The quantitative estimate of drug-likeness (QED) is 0.295. The van der Waals surface area contributed by atoms with Crippen LogP contribution in [0, 0.1) is 18.8 Å². The van der Waals surface area contributed by atoms with E-state index in [1.54, 1.807) is 0 Å². The molecular weight excluding hydrogens is 424 g/mol. The Morgan fingerprint density at radius 2 is 1.66 bits per heavy atom. The average Bonchev–Trinajstić information content (AvgIpc) is 3.41. The summed E-state index contributed by atoms with van der Waals surface area (Å²) in [6.45, 7) is 6.94. The Labute approximate surface area is 207 Å². The van der Waals surface area contributed by atoms with Crippen molar-refractivity contribution >= 4 is 22.6 Å². The highest BCUT2D eigenvalue weighted by Crippen LogP contribution is 2.64. The molecule has 3 aliphatic rings. The maximum absolute atomic E-state index is 6.56. The third kappa shape index (κ3) is 2.64. The van der Waals surface area contributed by atoms with E-state index in [0.29, 0.717) is 11.8 Å². The van der Waals surface area contributed by atoms with Crippen LogP contribution in [0.3, 0.4) is 0 Å². The van der Waals surface area contributed by atoms with Gasteiger partial charge in [-0.1, -0.05) is 105 Å². The van der Waals surface area contributed by atoms with Crippen LogP contribution in [0.25, 0.3) is 22.6 Å². The predicted molar refractivity (Wildman–Crippen MR) is 145 cm³/mol. The summed E-state index contributed by atoms with van der Waals surface area (Å²) in [6.07, 6.45) is 10.5. The summed E-state index contributed by atoms with van der Waals surface area (Å²) in [5.74, 6) is 2.08. The third-order valence-corrected chi connectivity index (χ3v) is 8.69. The van der Waals surface area contributed by atoms with Crippen LogP contribution in [-0.2, 0) is 5.41 Å². The summed E-state index contributed by atoms with van der Waals surface area (Å²) in [4.78, 5) is 0. The minimum absolute atomic E-state index is 0.219. The van der Waals surface area contributed by atoms with Gasteiger partial charge in [-0.15, -0.1) is 0 Å². The number of fused-ring (bicyclic) bond motifs is 5. The van der Waals surface area contributed by atoms with Crippen molar-refractivity contribution in [2.45, 2.75) is 38.5 Å². The van der Waals surface area contributed by atoms with E-state index < -0.39 is 0 Å². The van der Waals surface area contributed by atoms with Gasteiger partial charge in [0, 0.05) is 16.9 Å². The fraction of sp³-hybridized carbons (Fsp3) is 0.235. The van der Waals surface area contributed by atoms with E-state index in [1.807, 2.05) is 0 Å². The van der Waals surface area contributed by atoms with Crippen LogP contribution in [0.5, 0.6) is 0 Å². The average molecular weight is 455 g/mol. The highest BCUT2D eigenvalue weighted by Gasteiger charge is 2.55. The summed E-state index contributed by atoms with van der Waals surface area (Å²) < 4.78 is 6.56. The molecular formula is C34H30O. The smallest absolute Gasteiger partial charge is 0.137 e. The van der Waals surface area contributed by atoms with E-state index in [-0.39, 0.29) is 11.3 Å². The molecule has 0 fully saturated rings. The molecule has 1 nitrogen and oxygen atoms in total. The van der Waals surface area contributed by atoms with Crippen molar-refractivity contribution in [1.29, 1.82) is 0 Å². The Kier molecular flexibility index (Phi) is 4.42. The molecule has 4 atom stereocenters. The van der Waals surface area contributed by atoms with Gasteiger partial charge in [0.25, 0.3) is 0 Å². The van der Waals surface area contributed by atoms with Crippen molar-refractivity contribution in [3.63, 3.8) is 0 Å². The Morgan fingerprint density at radius 1 is 0.857 bits per heavy atom. The van der Waals surface area contributed by atoms with Gasteiger partial charge in [0.2, 0.25) is 0 Å². The number of hydrogen-bond acceptors (Lipinski definition) is 1. The Bertz CT molecular complexity index is 1560. The monoisotopic (exact) mass is 454 g/mol. The SMILES string of the molecule is Cc1cccc2c3c(oc12)C=CC(C)C3C1(c2ccccc2)C2=C(c3ccccc31)C(C)CC=C2. The second kappa shape index (κ2) is 7.46. The van der Waals surface area contributed by atoms with E-state index >= 15 is 0 Å². The van der Waals surface area contributed by atoms with Gasteiger partial charge >= 0.3 is 0 Å². The number of hydrogen-bond donors (Lipinski definition) is 0. The molecule has 7 rings (SSSR count). The van der Waals surface area contributed by atoms with Gasteiger partial charge < -0.3 is 4.42 Å². The zero-order valence-corrected chi connectivity index (χ0v) is 20.6. The molecule has 0 saturated carbocycles. The first-order chi connectivity index (χ1) is 17.1. The van der Waals surface area contributed by atoms with Gasteiger partial charge in [0.1, 0.15) is 11.3 Å². The van der Waals surface area contributed by atoms with E-state index in [0.717, 1.165) is 17.8 Å². The van der Waals surface area contributed by atoms with Crippen molar-refractivity contribution in [2.75, 3.05) is 0 Å². The first-order valence-corrected chi connectivity index (χ1v) is 12.9. The molecule has 0 N–H and O–H groups in total. The minimum atomic E-state index is -0.280. The molecule has 3 aliphatic carbocycles. The lowest BCUT2D eigenvalue weighted by atomic mass is 9.56. The second-order valence-electron chi connectivity index (χ2n) is 10.6. The van der Waals surface area contributed by atoms with E-state index in [2.05, 4.69) is 118 Å². The molecule has 0 amide bonds. The van der Waals surface area contributed by atoms with Crippen molar-refractivity contribution < 1.29 is 4.42 Å². The summed E-state index contributed by atoms with van der Waals surface area (Å²) in [7, 11) is 0. The van der Waals surface area contributed by atoms with E-state index in [1.165, 1.54) is 44.3 Å². The van der Waals surface area contributed by atoms with E-state index in [9.17, 15) is 0 Å². The molecule has 1 heterocycles. The molecule has 4 unspecified atom stereocenters. The Morgan fingerprint density at radius 3 is 2.51 bits per heavy atom. The molecule has 172 valence electrons. The topological polar surface area (TPSA) is 13.1 Å². The summed E-state index contributed by atoms with van der Waals surface area (Å²) in [5.41, 5.74) is 10.5. The Hall–Kier alpha value is -3.58. The number of benzene rings is 3. The highest BCUT2D eigenvalue weighted by atomic mass is 16.3. The number of rotatable bonds is 2. The predicted octanol–water partition coefficient (Wildman–Crippen LogP) is 8.84. The van der Waals surface area contributed by atoms with Crippen molar-refractivity contribution in [1.82, 2.24) is 0 Å². The van der Waals surface area contributed by atoms with Crippen LogP contribution in [-0.4, -0.2) is 0 Å². The van der Waals surface area contributed by atoms with Crippen LogP contribution >= 0.6 is 0 Å². The Balaban J connectivity index is 1.65. The molecule has 0 spiro atoms. The van der Waals surface area contributed by atoms with Gasteiger partial charge in [-0.3, -0.25) is 0 Å². The van der Waals surface area contributed by atoms with Gasteiger partial charge in [0.15, 0.2) is 0 Å². The van der Waals surface area contributed by atoms with Crippen LogP contribution in [0.4, 0.5) is 0 Å². The normalized spacial score (nSPS) is 26.7. The van der Waals surface area contributed by atoms with Gasteiger partial charge in [-0.2, -0.15) is 0 Å². The molecule has 1 aromatic heterocycles. The lowest BCUT2D eigenvalue weighted by Crippen LogP contribution is -2.39. The maximum atomic E-state index is 6.56. The fourth-order valence-electron chi connectivity index (χ4n) is 7.32. The molecule has 4 aromatic rings. The number of para-hydroxylation sites is 1. The molecule has 3 aromatic carbocycles. The first-order valence-electron chi connectivity index (χ1n) is 12.9. The zero-order chi connectivity index (χ0) is 23.7. The van der Waals surface area contributed by atoms with Gasteiger partial charge in [0.05, 0.1) is 5.41 Å². The minimum Gasteiger partial charge on any atom is -0.456 e. The lowest BCUT2D eigenvalue weighted by Gasteiger charge is -2.45. The maximum Gasteiger partial charge on any atom is 0.137 e. The molecule has 35 heavy (non-hydrogen) atoms. The van der Waals surface area contributed by atoms with Crippen molar-refractivity contribution in [3.8, 4) is 0 Å². The fourth-order valence-corrected chi connectivity index (χ4v) is 7.32. The number of furan rings is 1. The molecule has 0 bridgehead atoms. The van der Waals surface area contributed by atoms with Crippen LogP contribution in [0.15, 0.2) is 101 Å². The van der Waals surface area contributed by atoms with Crippen molar-refractivity contribution in [3.05, 3.63) is 130 Å². The summed E-state index contributed by atoms with van der Waals surface area (Å²) >= 11 is 0. The van der Waals surface area contributed by atoms with E-state index in [4.69, 9.17) is 4.42 Å². The van der Waals surface area contributed by atoms with Gasteiger partial charge in [-0.25, -0.2) is 0 Å². The largest absolute Gasteiger partial charge is 0.456 e. The third-order valence-electron chi connectivity index (χ3n) is 8.69. The number of aryl methyl sites for hydroxylation is 1. The van der Waals surface area contributed by atoms with Crippen LogP contribution in [0.1, 0.15) is 59.8 Å². The molecule has 1 heteroatoms. The lowest BCUT2D eigenvalue weighted by molar-refractivity contribution is 0.398. The van der Waals surface area contributed by atoms with Crippen molar-refractivity contribution in [2.24, 2.45) is 11.8 Å². The second-order valence-corrected chi connectivity index (χ2v) is 10.6. The van der Waals surface area contributed by atoms with Gasteiger partial charge in [-0.05, 0) is 64.7 Å². The molecule has 0 saturated heterocycles. The molecule has 0 aliphatic heterocycles. The zero-order valence-electron chi connectivity index (χ0n) is 20.6. The van der Waals surface area contributed by atoms with Crippen LogP contribution in [0.2, 0.25) is 0 Å². The summed E-state index contributed by atoms with van der Waals surface area (Å²) in [5, 5.41) is 1.26. The molecule has 0 radical (unpaired) electrons. The number of allylic oxidation sites excluding steroid dienone is 5. The standard InChI is InChI=1S/C34H30O/c1-21-11-10-18-28-30(21)25-15-7-8-17-27(25)34(28,24-13-5-4-6-14-24)32-22(2)19-20-29-31(32)26-16-9-12-23(3)33(26)35-29/h4-10,12-22,32H,11H2,1-3H3. The highest BCUT2D eigenvalue weighted by molar-refractivity contribution is 5.92. The first kappa shape index (κ1) is 20.8.